The average molecular weight is 449 g/mol. The highest BCUT2D eigenvalue weighted by molar-refractivity contribution is 5.80. The number of likely N-dealkylation sites (tertiary alicyclic amines) is 1. The highest BCUT2D eigenvalue weighted by Gasteiger charge is 2.27. The number of guanidine groups is 1. The molecule has 1 unspecified atom stereocenters. The fourth-order valence-electron chi connectivity index (χ4n) is 4.07. The van der Waals surface area contributed by atoms with Crippen LogP contribution in [0.25, 0.3) is 0 Å². The Morgan fingerprint density at radius 2 is 1.82 bits per heavy atom. The molecule has 8 heteroatoms. The predicted molar refractivity (Wildman–Crippen MR) is 129 cm³/mol. The number of ether oxygens (including phenoxy) is 2. The lowest BCUT2D eigenvalue weighted by molar-refractivity contribution is 0.392. The summed E-state index contributed by atoms with van der Waals surface area (Å²) in [6, 6.07) is 16.4. The van der Waals surface area contributed by atoms with Crippen LogP contribution in [0.5, 0.6) is 11.5 Å². The molecule has 1 N–H and O–H groups in total. The topological polar surface area (TPSA) is 76.8 Å². The zero-order valence-electron chi connectivity index (χ0n) is 19.8. The van der Waals surface area contributed by atoms with Crippen molar-refractivity contribution in [1.82, 2.24) is 25.0 Å². The molecule has 33 heavy (non-hydrogen) atoms. The van der Waals surface area contributed by atoms with Crippen molar-refractivity contribution in [2.45, 2.75) is 32.4 Å². The van der Waals surface area contributed by atoms with Crippen molar-refractivity contribution in [3.05, 3.63) is 71.3 Å². The van der Waals surface area contributed by atoms with Crippen molar-refractivity contribution in [1.29, 1.82) is 0 Å². The molecular formula is C25H32N6O2. The number of rotatable bonds is 7. The van der Waals surface area contributed by atoms with Gasteiger partial charge in [-0.3, -0.25) is 0 Å². The third kappa shape index (κ3) is 5.45. The fraction of sp³-hybridized carbons (Fsp3) is 0.400. The van der Waals surface area contributed by atoms with Gasteiger partial charge >= 0.3 is 0 Å². The molecule has 0 bridgehead atoms. The van der Waals surface area contributed by atoms with Crippen LogP contribution in [0.4, 0.5) is 0 Å². The first-order chi connectivity index (χ1) is 16.1. The van der Waals surface area contributed by atoms with Crippen LogP contribution in [-0.4, -0.2) is 52.9 Å². The molecule has 174 valence electrons. The predicted octanol–water partition coefficient (Wildman–Crippen LogP) is 3.28. The molecule has 8 nitrogen and oxygen atoms in total. The van der Waals surface area contributed by atoms with Gasteiger partial charge in [-0.15, -0.1) is 10.2 Å². The Balaban J connectivity index is 1.52. The Bertz CT molecular complexity index is 1070. The van der Waals surface area contributed by atoms with Crippen LogP contribution in [0, 0.1) is 6.92 Å². The number of aryl methyl sites for hydroxylation is 1. The second kappa shape index (κ2) is 10.4. The average Bonchev–Trinajstić information content (AvgIpc) is 3.47. The van der Waals surface area contributed by atoms with E-state index in [-0.39, 0.29) is 0 Å². The highest BCUT2D eigenvalue weighted by atomic mass is 16.5. The number of hydrogen-bond acceptors (Lipinski definition) is 5. The summed E-state index contributed by atoms with van der Waals surface area (Å²) in [5, 5.41) is 12.0. The van der Waals surface area contributed by atoms with Crippen molar-refractivity contribution in [3.63, 3.8) is 0 Å². The number of aromatic nitrogens is 3. The standard InChI is InChI=1S/C25H32N6O2/c1-18-28-29-24(30(18)2)16-27-25(26-15-19-8-6-5-7-9-19)31-11-10-20(17-31)21-12-22(32-3)14-23(13-21)33-4/h5-9,12-14,20H,10-11,15-17H2,1-4H3,(H,26,27). The van der Waals surface area contributed by atoms with Gasteiger partial charge in [0.15, 0.2) is 11.8 Å². The van der Waals surface area contributed by atoms with E-state index in [4.69, 9.17) is 14.5 Å². The lowest BCUT2D eigenvalue weighted by Crippen LogP contribution is -2.40. The third-order valence-corrected chi connectivity index (χ3v) is 6.17. The van der Waals surface area contributed by atoms with Gasteiger partial charge in [-0.05, 0) is 36.6 Å². The van der Waals surface area contributed by atoms with Gasteiger partial charge in [0.25, 0.3) is 0 Å². The smallest absolute Gasteiger partial charge is 0.194 e. The molecule has 1 atom stereocenters. The van der Waals surface area contributed by atoms with Gasteiger partial charge in [0.1, 0.15) is 17.3 Å². The molecule has 1 fully saturated rings. The zero-order valence-corrected chi connectivity index (χ0v) is 19.8. The van der Waals surface area contributed by atoms with Crippen LogP contribution >= 0.6 is 0 Å². The molecule has 1 aromatic heterocycles. The molecule has 2 aromatic carbocycles. The Hall–Kier alpha value is -3.55. The number of nitrogens with zero attached hydrogens (tertiary/aromatic N) is 5. The monoisotopic (exact) mass is 448 g/mol. The van der Waals surface area contributed by atoms with Gasteiger partial charge in [-0.2, -0.15) is 0 Å². The third-order valence-electron chi connectivity index (χ3n) is 6.17. The first-order valence-corrected chi connectivity index (χ1v) is 11.2. The van der Waals surface area contributed by atoms with Crippen molar-refractivity contribution in [2.75, 3.05) is 27.3 Å². The Morgan fingerprint density at radius 3 is 2.45 bits per heavy atom. The van der Waals surface area contributed by atoms with E-state index in [0.717, 1.165) is 48.6 Å². The molecule has 0 radical (unpaired) electrons. The van der Waals surface area contributed by atoms with Crippen molar-refractivity contribution < 1.29 is 9.47 Å². The summed E-state index contributed by atoms with van der Waals surface area (Å²) in [5.74, 6) is 4.66. The van der Waals surface area contributed by atoms with Gasteiger partial charge in [-0.1, -0.05) is 30.3 Å². The number of hydrogen-bond donors (Lipinski definition) is 1. The number of aliphatic imine (C=N–C) groups is 1. The van der Waals surface area contributed by atoms with Crippen molar-refractivity contribution in [2.24, 2.45) is 12.0 Å². The van der Waals surface area contributed by atoms with E-state index >= 15 is 0 Å². The minimum atomic E-state index is 0.370. The van der Waals surface area contributed by atoms with E-state index in [2.05, 4.69) is 44.7 Å². The second-order valence-electron chi connectivity index (χ2n) is 8.28. The minimum absolute atomic E-state index is 0.370. The lowest BCUT2D eigenvalue weighted by atomic mass is 9.98. The van der Waals surface area contributed by atoms with E-state index in [1.807, 2.05) is 42.8 Å². The number of methoxy groups -OCH3 is 2. The van der Waals surface area contributed by atoms with Crippen LogP contribution in [0.3, 0.4) is 0 Å². The van der Waals surface area contributed by atoms with Gasteiger partial charge in [0.2, 0.25) is 0 Å². The Kier molecular flexibility index (Phi) is 7.12. The van der Waals surface area contributed by atoms with Gasteiger partial charge in [0, 0.05) is 32.1 Å². The van der Waals surface area contributed by atoms with Crippen LogP contribution in [-0.2, 0) is 20.1 Å². The maximum Gasteiger partial charge on any atom is 0.194 e. The van der Waals surface area contributed by atoms with Crippen LogP contribution < -0.4 is 14.8 Å². The molecule has 1 aliphatic heterocycles. The van der Waals surface area contributed by atoms with Crippen LogP contribution in [0.1, 0.15) is 35.1 Å². The SMILES string of the molecule is COc1cc(OC)cc(C2CCN(C(=NCc3ccccc3)NCc3nnc(C)n3C)C2)c1. The minimum Gasteiger partial charge on any atom is -0.497 e. The Morgan fingerprint density at radius 1 is 1.09 bits per heavy atom. The first kappa shape index (κ1) is 22.6. The lowest BCUT2D eigenvalue weighted by Gasteiger charge is -2.22. The first-order valence-electron chi connectivity index (χ1n) is 11.2. The van der Waals surface area contributed by atoms with E-state index in [1.54, 1.807) is 14.2 Å². The summed E-state index contributed by atoms with van der Waals surface area (Å²) in [5.41, 5.74) is 2.40. The van der Waals surface area contributed by atoms with Crippen molar-refractivity contribution in [3.8, 4) is 11.5 Å². The van der Waals surface area contributed by atoms with Crippen molar-refractivity contribution >= 4 is 5.96 Å². The number of nitrogens with one attached hydrogen (secondary N) is 1. The zero-order chi connectivity index (χ0) is 23.2. The molecule has 0 spiro atoms. The molecule has 2 heterocycles. The van der Waals surface area contributed by atoms with E-state index in [1.165, 1.54) is 11.1 Å². The van der Waals surface area contributed by atoms with E-state index in [9.17, 15) is 0 Å². The largest absolute Gasteiger partial charge is 0.497 e. The maximum atomic E-state index is 5.47. The summed E-state index contributed by atoms with van der Waals surface area (Å²) in [7, 11) is 5.35. The van der Waals surface area contributed by atoms with Gasteiger partial charge < -0.3 is 24.3 Å². The summed E-state index contributed by atoms with van der Waals surface area (Å²) in [4.78, 5) is 7.27. The normalized spacial score (nSPS) is 16.2. The van der Waals surface area contributed by atoms with Gasteiger partial charge in [0.05, 0.1) is 27.3 Å². The van der Waals surface area contributed by atoms with Gasteiger partial charge in [-0.25, -0.2) is 4.99 Å². The fourth-order valence-corrected chi connectivity index (χ4v) is 4.07. The maximum absolute atomic E-state index is 5.47. The summed E-state index contributed by atoms with van der Waals surface area (Å²) in [6.07, 6.45) is 1.03. The summed E-state index contributed by atoms with van der Waals surface area (Å²) in [6.45, 7) is 4.93. The molecule has 0 amide bonds. The highest BCUT2D eigenvalue weighted by Crippen LogP contribution is 2.33. The second-order valence-corrected chi connectivity index (χ2v) is 8.28. The van der Waals surface area contributed by atoms with E-state index in [0.29, 0.717) is 19.0 Å². The van der Waals surface area contributed by atoms with E-state index < -0.39 is 0 Å². The molecule has 1 saturated heterocycles. The summed E-state index contributed by atoms with van der Waals surface area (Å²) < 4.78 is 12.9. The van der Waals surface area contributed by atoms with Crippen LogP contribution in [0.15, 0.2) is 53.5 Å². The quantitative estimate of drug-likeness (QED) is 0.442. The number of benzene rings is 2. The molecule has 1 aliphatic rings. The molecule has 4 rings (SSSR count). The molecule has 0 aliphatic carbocycles. The summed E-state index contributed by atoms with van der Waals surface area (Å²) >= 11 is 0. The molecule has 0 saturated carbocycles. The van der Waals surface area contributed by atoms with Crippen LogP contribution in [0.2, 0.25) is 0 Å². The molecular weight excluding hydrogens is 416 g/mol. The molecule has 3 aromatic rings. The Labute approximate surface area is 195 Å².